The van der Waals surface area contributed by atoms with Crippen LogP contribution in [0.3, 0.4) is 0 Å². The molecule has 0 unspecified atom stereocenters. The minimum absolute atomic E-state index is 0.00827. The number of rotatable bonds is 7. The smallest absolute Gasteiger partial charge is 0.272 e. The summed E-state index contributed by atoms with van der Waals surface area (Å²) in [4.78, 5) is 24.1. The SMILES string of the molecule is O=C(Nc1ccc(Br)cc1)c1cc2[nH]c(Nc3c(Cl)cc(F)cc3Cl)nc2nc1OCC(F)F. The van der Waals surface area contributed by atoms with Crippen molar-refractivity contribution in [1.29, 1.82) is 0 Å². The highest BCUT2D eigenvalue weighted by molar-refractivity contribution is 9.10. The minimum atomic E-state index is -2.78. The minimum Gasteiger partial charge on any atom is -0.471 e. The fraction of sp³-hybridized carbons (Fsp3) is 0.0952. The fourth-order valence-electron chi connectivity index (χ4n) is 2.91. The van der Waals surface area contributed by atoms with E-state index in [-0.39, 0.29) is 38.8 Å². The lowest BCUT2D eigenvalue weighted by Gasteiger charge is -2.11. The Hall–Kier alpha value is -3.02. The second kappa shape index (κ2) is 10.1. The monoisotopic (exact) mass is 573 g/mol. The van der Waals surface area contributed by atoms with Crippen LogP contribution in [-0.2, 0) is 0 Å². The van der Waals surface area contributed by atoms with Crippen molar-refractivity contribution in [1.82, 2.24) is 15.0 Å². The van der Waals surface area contributed by atoms with Gasteiger partial charge in [0.25, 0.3) is 12.3 Å². The Morgan fingerprint density at radius 2 is 1.79 bits per heavy atom. The number of pyridine rings is 1. The summed E-state index contributed by atoms with van der Waals surface area (Å²) in [5, 5.41) is 5.49. The molecule has 2 aromatic carbocycles. The molecular formula is C21H13BrCl2F3N5O2. The normalized spacial score (nSPS) is 11.1. The summed E-state index contributed by atoms with van der Waals surface area (Å²) in [7, 11) is 0. The fourth-order valence-corrected chi connectivity index (χ4v) is 3.73. The number of H-pyrrole nitrogens is 1. The molecule has 3 N–H and O–H groups in total. The van der Waals surface area contributed by atoms with Crippen LogP contribution in [0.2, 0.25) is 10.0 Å². The van der Waals surface area contributed by atoms with E-state index in [4.69, 9.17) is 27.9 Å². The van der Waals surface area contributed by atoms with E-state index in [2.05, 4.69) is 41.5 Å². The van der Waals surface area contributed by atoms with Gasteiger partial charge in [0, 0.05) is 10.2 Å². The molecule has 2 heterocycles. The van der Waals surface area contributed by atoms with Crippen molar-refractivity contribution in [2.24, 2.45) is 0 Å². The molecular weight excluding hydrogens is 562 g/mol. The Kier molecular flexibility index (Phi) is 7.15. The number of hydrogen-bond donors (Lipinski definition) is 3. The summed E-state index contributed by atoms with van der Waals surface area (Å²) in [5.74, 6) is -1.45. The summed E-state index contributed by atoms with van der Waals surface area (Å²) in [6.45, 7) is -0.965. The topological polar surface area (TPSA) is 91.9 Å². The molecule has 0 fully saturated rings. The first kappa shape index (κ1) is 24.1. The Bertz CT molecular complexity index is 1350. The maximum absolute atomic E-state index is 13.4. The molecule has 0 saturated carbocycles. The van der Waals surface area contributed by atoms with Crippen LogP contribution in [0, 0.1) is 5.82 Å². The highest BCUT2D eigenvalue weighted by Crippen LogP contribution is 2.34. The van der Waals surface area contributed by atoms with Crippen molar-refractivity contribution >= 4 is 73.5 Å². The number of imidazole rings is 1. The molecule has 0 aliphatic heterocycles. The van der Waals surface area contributed by atoms with Crippen LogP contribution >= 0.6 is 39.1 Å². The van der Waals surface area contributed by atoms with E-state index in [9.17, 15) is 18.0 Å². The molecule has 34 heavy (non-hydrogen) atoms. The molecule has 0 radical (unpaired) electrons. The number of aromatic nitrogens is 3. The highest BCUT2D eigenvalue weighted by atomic mass is 79.9. The molecule has 7 nitrogen and oxygen atoms in total. The number of nitrogens with zero attached hydrogens (tertiary/aromatic N) is 2. The van der Waals surface area contributed by atoms with Gasteiger partial charge in [-0.25, -0.2) is 13.2 Å². The number of ether oxygens (including phenoxy) is 1. The zero-order valence-electron chi connectivity index (χ0n) is 16.8. The number of alkyl halides is 2. The summed E-state index contributed by atoms with van der Waals surface area (Å²) in [5.41, 5.74) is 0.930. The number of benzene rings is 2. The van der Waals surface area contributed by atoms with Crippen molar-refractivity contribution in [3.8, 4) is 5.88 Å². The third kappa shape index (κ3) is 5.54. The van der Waals surface area contributed by atoms with Gasteiger partial charge in [-0.3, -0.25) is 4.79 Å². The number of carbonyl (C=O) groups excluding carboxylic acids is 1. The number of aromatic amines is 1. The third-order valence-electron chi connectivity index (χ3n) is 4.38. The summed E-state index contributed by atoms with van der Waals surface area (Å²) >= 11 is 15.4. The number of fused-ring (bicyclic) bond motifs is 1. The third-order valence-corrected chi connectivity index (χ3v) is 5.51. The van der Waals surface area contributed by atoms with Gasteiger partial charge in [-0.05, 0) is 42.5 Å². The number of anilines is 3. The van der Waals surface area contributed by atoms with Crippen molar-refractivity contribution < 1.29 is 22.7 Å². The summed E-state index contributed by atoms with van der Waals surface area (Å²) in [6.07, 6.45) is -2.78. The zero-order valence-corrected chi connectivity index (χ0v) is 19.9. The van der Waals surface area contributed by atoms with Crippen LogP contribution < -0.4 is 15.4 Å². The predicted molar refractivity (Wildman–Crippen MR) is 127 cm³/mol. The molecule has 0 spiro atoms. The molecule has 176 valence electrons. The second-order valence-electron chi connectivity index (χ2n) is 6.83. The standard InChI is InChI=1S/C21H13BrCl2F3N5O2/c22-9-1-3-11(4-2-9)28-19(33)12-7-15-18(31-20(12)34-8-16(26)27)32-21(29-15)30-17-13(23)5-10(25)6-14(17)24/h1-7,16H,8H2,(H,28,33)(H2,29,30,31,32). The molecule has 4 aromatic rings. The van der Waals surface area contributed by atoms with E-state index < -0.39 is 24.8 Å². The first-order valence-corrected chi connectivity index (χ1v) is 11.0. The van der Waals surface area contributed by atoms with Crippen molar-refractivity contribution in [3.05, 3.63) is 68.4 Å². The molecule has 0 bridgehead atoms. The quantitative estimate of drug-likeness (QED) is 0.226. The van der Waals surface area contributed by atoms with Gasteiger partial charge >= 0.3 is 0 Å². The number of halogens is 6. The van der Waals surface area contributed by atoms with Gasteiger partial charge in [0.15, 0.2) is 12.3 Å². The first-order valence-electron chi connectivity index (χ1n) is 9.50. The lowest BCUT2D eigenvalue weighted by Crippen LogP contribution is -2.16. The van der Waals surface area contributed by atoms with E-state index in [1.165, 1.54) is 6.07 Å². The van der Waals surface area contributed by atoms with E-state index >= 15 is 0 Å². The summed E-state index contributed by atoms with van der Waals surface area (Å²) < 4.78 is 44.9. The van der Waals surface area contributed by atoms with Crippen LogP contribution in [0.1, 0.15) is 10.4 Å². The average molecular weight is 575 g/mol. The molecule has 4 rings (SSSR count). The van der Waals surface area contributed by atoms with Gasteiger partial charge in [-0.1, -0.05) is 39.1 Å². The summed E-state index contributed by atoms with van der Waals surface area (Å²) in [6, 6.07) is 10.3. The molecule has 1 amide bonds. The van der Waals surface area contributed by atoms with Gasteiger partial charge < -0.3 is 20.4 Å². The van der Waals surface area contributed by atoms with Crippen LogP contribution in [0.5, 0.6) is 5.88 Å². The van der Waals surface area contributed by atoms with Crippen molar-refractivity contribution in [3.63, 3.8) is 0 Å². The molecule has 0 aliphatic carbocycles. The predicted octanol–water partition coefficient (Wildman–Crippen LogP) is 6.81. The van der Waals surface area contributed by atoms with E-state index in [1.54, 1.807) is 24.3 Å². The van der Waals surface area contributed by atoms with Gasteiger partial charge in [0.05, 0.1) is 21.2 Å². The molecule has 2 aromatic heterocycles. The Morgan fingerprint density at radius 1 is 1.12 bits per heavy atom. The lowest BCUT2D eigenvalue weighted by atomic mass is 10.2. The Morgan fingerprint density at radius 3 is 2.44 bits per heavy atom. The van der Waals surface area contributed by atoms with Crippen molar-refractivity contribution in [2.75, 3.05) is 17.2 Å². The van der Waals surface area contributed by atoms with Gasteiger partial charge in [-0.15, -0.1) is 0 Å². The lowest BCUT2D eigenvalue weighted by molar-refractivity contribution is 0.0782. The molecule has 0 saturated heterocycles. The Balaban J connectivity index is 1.68. The molecule has 13 heteroatoms. The number of amides is 1. The average Bonchev–Trinajstić information content (AvgIpc) is 3.17. The van der Waals surface area contributed by atoms with Crippen LogP contribution in [0.15, 0.2) is 46.9 Å². The van der Waals surface area contributed by atoms with Crippen LogP contribution in [0.25, 0.3) is 11.2 Å². The van der Waals surface area contributed by atoms with E-state index in [0.29, 0.717) is 11.2 Å². The Labute approximate surface area is 208 Å². The zero-order chi connectivity index (χ0) is 24.4. The van der Waals surface area contributed by atoms with Gasteiger partial charge in [0.1, 0.15) is 11.4 Å². The molecule has 0 atom stereocenters. The first-order chi connectivity index (χ1) is 16.2. The van der Waals surface area contributed by atoms with Crippen LogP contribution in [-0.4, -0.2) is 33.9 Å². The van der Waals surface area contributed by atoms with Crippen molar-refractivity contribution in [2.45, 2.75) is 6.43 Å². The molecule has 0 aliphatic rings. The second-order valence-corrected chi connectivity index (χ2v) is 8.56. The van der Waals surface area contributed by atoms with Gasteiger partial charge in [0.2, 0.25) is 11.8 Å². The maximum Gasteiger partial charge on any atom is 0.272 e. The van der Waals surface area contributed by atoms with E-state index in [0.717, 1.165) is 16.6 Å². The van der Waals surface area contributed by atoms with E-state index in [1.807, 2.05) is 0 Å². The number of carbonyl (C=O) groups is 1. The maximum atomic E-state index is 13.4. The van der Waals surface area contributed by atoms with Crippen LogP contribution in [0.4, 0.5) is 30.5 Å². The largest absolute Gasteiger partial charge is 0.471 e. The van der Waals surface area contributed by atoms with Gasteiger partial charge in [-0.2, -0.15) is 9.97 Å². The highest BCUT2D eigenvalue weighted by Gasteiger charge is 2.20. The number of nitrogens with one attached hydrogen (secondary N) is 3. The number of hydrogen-bond acceptors (Lipinski definition) is 5.